The molecule has 0 N–H and O–H groups in total. The van der Waals surface area contributed by atoms with Gasteiger partial charge in [0.15, 0.2) is 0 Å². The SMILES string of the molecule is CN(C)c1ccc(C(=O)Cl)cc1.CN(C)c1ccc(C(=O)Cl)cc1. The Bertz CT molecular complexity index is 620. The van der Waals surface area contributed by atoms with E-state index in [0.29, 0.717) is 11.1 Å². The Morgan fingerprint density at radius 2 is 0.875 bits per heavy atom. The lowest BCUT2D eigenvalue weighted by Crippen LogP contribution is -2.08. The van der Waals surface area contributed by atoms with Gasteiger partial charge in [-0.25, -0.2) is 0 Å². The third-order valence-corrected chi connectivity index (χ3v) is 3.66. The van der Waals surface area contributed by atoms with Gasteiger partial charge in [-0.1, -0.05) is 0 Å². The van der Waals surface area contributed by atoms with E-state index in [4.69, 9.17) is 23.2 Å². The minimum absolute atomic E-state index is 0.416. The van der Waals surface area contributed by atoms with Crippen LogP contribution in [0.5, 0.6) is 0 Å². The summed E-state index contributed by atoms with van der Waals surface area (Å²) < 4.78 is 0. The summed E-state index contributed by atoms with van der Waals surface area (Å²) in [6, 6.07) is 14.3. The first kappa shape index (κ1) is 20.0. The van der Waals surface area contributed by atoms with Crippen LogP contribution in [-0.2, 0) is 0 Å². The average Bonchev–Trinajstić information content (AvgIpc) is 2.55. The number of carbonyl (C=O) groups is 2. The first-order valence-electron chi connectivity index (χ1n) is 7.17. The van der Waals surface area contributed by atoms with E-state index in [-0.39, 0.29) is 0 Å². The maximum Gasteiger partial charge on any atom is 0.252 e. The number of nitrogens with zero attached hydrogens (tertiary/aromatic N) is 2. The van der Waals surface area contributed by atoms with Crippen molar-refractivity contribution in [3.8, 4) is 0 Å². The molecular weight excluding hydrogens is 347 g/mol. The quantitative estimate of drug-likeness (QED) is 0.757. The molecule has 0 amide bonds. The normalized spacial score (nSPS) is 9.58. The number of benzene rings is 2. The molecule has 2 aromatic rings. The number of hydrogen-bond acceptors (Lipinski definition) is 4. The third-order valence-electron chi connectivity index (χ3n) is 3.22. The van der Waals surface area contributed by atoms with Crippen molar-refractivity contribution in [2.24, 2.45) is 0 Å². The van der Waals surface area contributed by atoms with Gasteiger partial charge in [0.2, 0.25) is 0 Å². The summed E-state index contributed by atoms with van der Waals surface area (Å²) in [4.78, 5) is 25.3. The summed E-state index contributed by atoms with van der Waals surface area (Å²) in [7, 11) is 7.77. The zero-order valence-corrected chi connectivity index (χ0v) is 15.6. The standard InChI is InChI=1S/2C9H10ClNO/c2*1-11(2)8-5-3-7(4-6-8)9(10)12/h2*3-6H,1-2H3. The van der Waals surface area contributed by atoms with Crippen LogP contribution in [0.1, 0.15) is 20.7 Å². The van der Waals surface area contributed by atoms with Gasteiger partial charge in [0.1, 0.15) is 0 Å². The zero-order chi connectivity index (χ0) is 18.3. The molecular formula is C18H20Cl2N2O2. The van der Waals surface area contributed by atoms with Crippen LogP contribution >= 0.6 is 23.2 Å². The summed E-state index contributed by atoms with van der Waals surface area (Å²) >= 11 is 10.6. The summed E-state index contributed by atoms with van der Waals surface area (Å²) in [5.41, 5.74) is 3.16. The average molecular weight is 367 g/mol. The summed E-state index contributed by atoms with van der Waals surface area (Å²) in [5.74, 6) is 0. The highest BCUT2D eigenvalue weighted by Crippen LogP contribution is 2.14. The smallest absolute Gasteiger partial charge is 0.252 e. The molecule has 0 aliphatic heterocycles. The van der Waals surface area contributed by atoms with Crippen molar-refractivity contribution in [2.75, 3.05) is 38.0 Å². The molecule has 0 heterocycles. The Hall–Kier alpha value is -2.04. The highest BCUT2D eigenvalue weighted by molar-refractivity contribution is 6.68. The molecule has 0 aromatic heterocycles. The molecule has 0 fully saturated rings. The van der Waals surface area contributed by atoms with Gasteiger partial charge in [0, 0.05) is 50.7 Å². The Morgan fingerprint density at radius 1 is 0.625 bits per heavy atom. The molecule has 0 spiro atoms. The molecule has 2 rings (SSSR count). The molecule has 0 unspecified atom stereocenters. The number of rotatable bonds is 4. The minimum Gasteiger partial charge on any atom is -0.378 e. The maximum absolute atomic E-state index is 10.7. The van der Waals surface area contributed by atoms with E-state index in [1.807, 2.05) is 62.3 Å². The van der Waals surface area contributed by atoms with Crippen molar-refractivity contribution in [2.45, 2.75) is 0 Å². The van der Waals surface area contributed by atoms with Crippen molar-refractivity contribution in [3.05, 3.63) is 59.7 Å². The summed E-state index contributed by atoms with van der Waals surface area (Å²) in [6.07, 6.45) is 0. The lowest BCUT2D eigenvalue weighted by molar-refractivity contribution is 0.107. The van der Waals surface area contributed by atoms with Crippen LogP contribution in [0.2, 0.25) is 0 Å². The van der Waals surface area contributed by atoms with Crippen molar-refractivity contribution < 1.29 is 9.59 Å². The molecule has 0 aliphatic rings. The molecule has 0 saturated carbocycles. The van der Waals surface area contributed by atoms with Crippen molar-refractivity contribution in [1.82, 2.24) is 0 Å². The molecule has 0 bridgehead atoms. The third kappa shape index (κ3) is 6.22. The zero-order valence-electron chi connectivity index (χ0n) is 14.1. The van der Waals surface area contributed by atoms with E-state index in [9.17, 15) is 9.59 Å². The lowest BCUT2D eigenvalue weighted by atomic mass is 10.2. The Balaban J connectivity index is 0.000000240. The predicted octanol–water partition coefficient (Wildman–Crippen LogP) is 4.26. The van der Waals surface area contributed by atoms with Crippen molar-refractivity contribution in [3.63, 3.8) is 0 Å². The van der Waals surface area contributed by atoms with Crippen molar-refractivity contribution >= 4 is 45.1 Å². The van der Waals surface area contributed by atoms with Gasteiger partial charge < -0.3 is 9.80 Å². The fourth-order valence-corrected chi connectivity index (χ4v) is 2.03. The van der Waals surface area contributed by atoms with Crippen LogP contribution in [-0.4, -0.2) is 38.7 Å². The van der Waals surface area contributed by atoms with Gasteiger partial charge in [-0.2, -0.15) is 0 Å². The second-order valence-electron chi connectivity index (χ2n) is 5.43. The first-order chi connectivity index (χ1) is 11.2. The summed E-state index contributed by atoms with van der Waals surface area (Å²) in [6.45, 7) is 0. The Kier molecular flexibility index (Phi) is 7.75. The molecule has 128 valence electrons. The van der Waals surface area contributed by atoms with Gasteiger partial charge in [0.25, 0.3) is 10.5 Å². The van der Waals surface area contributed by atoms with Crippen LogP contribution in [0.15, 0.2) is 48.5 Å². The molecule has 2 aromatic carbocycles. The van der Waals surface area contributed by atoms with Crippen LogP contribution in [0.4, 0.5) is 11.4 Å². The van der Waals surface area contributed by atoms with E-state index in [2.05, 4.69) is 0 Å². The Morgan fingerprint density at radius 3 is 1.04 bits per heavy atom. The number of halogens is 2. The van der Waals surface area contributed by atoms with E-state index in [0.717, 1.165) is 11.4 Å². The number of carbonyl (C=O) groups excluding carboxylic acids is 2. The number of hydrogen-bond donors (Lipinski definition) is 0. The minimum atomic E-state index is -0.416. The first-order valence-corrected chi connectivity index (χ1v) is 7.92. The van der Waals surface area contributed by atoms with E-state index in [1.54, 1.807) is 24.3 Å². The monoisotopic (exact) mass is 366 g/mol. The maximum atomic E-state index is 10.7. The van der Waals surface area contributed by atoms with E-state index in [1.165, 1.54) is 0 Å². The molecule has 6 heteroatoms. The highest BCUT2D eigenvalue weighted by atomic mass is 35.5. The topological polar surface area (TPSA) is 40.6 Å². The number of anilines is 2. The van der Waals surface area contributed by atoms with Crippen LogP contribution in [0.25, 0.3) is 0 Å². The predicted molar refractivity (Wildman–Crippen MR) is 102 cm³/mol. The molecule has 0 atom stereocenters. The largest absolute Gasteiger partial charge is 0.378 e. The van der Waals surface area contributed by atoms with Crippen LogP contribution in [0, 0.1) is 0 Å². The van der Waals surface area contributed by atoms with Crippen LogP contribution < -0.4 is 9.80 Å². The fraction of sp³-hybridized carbons (Fsp3) is 0.222. The molecule has 4 nitrogen and oxygen atoms in total. The Labute approximate surface area is 152 Å². The van der Waals surface area contributed by atoms with Crippen LogP contribution in [0.3, 0.4) is 0 Å². The second-order valence-corrected chi connectivity index (χ2v) is 6.12. The molecule has 24 heavy (non-hydrogen) atoms. The van der Waals surface area contributed by atoms with Gasteiger partial charge in [-0.3, -0.25) is 9.59 Å². The lowest BCUT2D eigenvalue weighted by Gasteiger charge is -2.11. The van der Waals surface area contributed by atoms with Crippen molar-refractivity contribution in [1.29, 1.82) is 0 Å². The molecule has 0 radical (unpaired) electrons. The van der Waals surface area contributed by atoms with Gasteiger partial charge >= 0.3 is 0 Å². The second kappa shape index (κ2) is 9.30. The van der Waals surface area contributed by atoms with Gasteiger partial charge in [0.05, 0.1) is 0 Å². The summed E-state index contributed by atoms with van der Waals surface area (Å²) in [5, 5.41) is -0.833. The fourth-order valence-electron chi connectivity index (χ4n) is 1.78. The van der Waals surface area contributed by atoms with E-state index >= 15 is 0 Å². The molecule has 0 saturated heterocycles. The van der Waals surface area contributed by atoms with Gasteiger partial charge in [-0.15, -0.1) is 0 Å². The van der Waals surface area contributed by atoms with Gasteiger partial charge in [-0.05, 0) is 71.7 Å². The highest BCUT2D eigenvalue weighted by Gasteiger charge is 2.01. The van der Waals surface area contributed by atoms with E-state index < -0.39 is 10.5 Å². The molecule has 0 aliphatic carbocycles.